The maximum absolute atomic E-state index is 11.6. The van der Waals surface area contributed by atoms with E-state index in [1.165, 1.54) is 0 Å². The van der Waals surface area contributed by atoms with Crippen molar-refractivity contribution in [3.63, 3.8) is 0 Å². The predicted molar refractivity (Wildman–Crippen MR) is 64.8 cm³/mol. The number of hydrogen-bond acceptors (Lipinski definition) is 2. The normalized spacial score (nSPS) is 12.4. The van der Waals surface area contributed by atoms with E-state index in [0.29, 0.717) is 18.1 Å². The highest BCUT2D eigenvalue weighted by atomic mass is 35.5. The van der Waals surface area contributed by atoms with Gasteiger partial charge in [0.05, 0.1) is 5.38 Å². The van der Waals surface area contributed by atoms with Gasteiger partial charge in [0, 0.05) is 6.54 Å². The number of amides is 1. The molecule has 0 aliphatic rings. The van der Waals surface area contributed by atoms with Crippen LogP contribution in [-0.2, 0) is 0 Å². The van der Waals surface area contributed by atoms with E-state index in [9.17, 15) is 4.79 Å². The zero-order valence-corrected chi connectivity index (χ0v) is 10.5. The SMILES string of the molecule is CCCCCNC(=O)c1ccc(C(C)Cl)o1. The van der Waals surface area contributed by atoms with Crippen molar-refractivity contribution in [3.05, 3.63) is 23.7 Å². The van der Waals surface area contributed by atoms with Gasteiger partial charge in [0.15, 0.2) is 5.76 Å². The first-order valence-corrected chi connectivity index (χ1v) is 6.10. The van der Waals surface area contributed by atoms with E-state index < -0.39 is 0 Å². The summed E-state index contributed by atoms with van der Waals surface area (Å²) in [6.07, 6.45) is 3.27. The van der Waals surface area contributed by atoms with Crippen LogP contribution in [0, 0.1) is 0 Å². The smallest absolute Gasteiger partial charge is 0.286 e. The number of alkyl halides is 1. The van der Waals surface area contributed by atoms with Crippen LogP contribution in [0.3, 0.4) is 0 Å². The molecule has 0 aromatic carbocycles. The minimum absolute atomic E-state index is 0.167. The van der Waals surface area contributed by atoms with Gasteiger partial charge in [-0.2, -0.15) is 0 Å². The van der Waals surface area contributed by atoms with E-state index in [-0.39, 0.29) is 11.3 Å². The van der Waals surface area contributed by atoms with Crippen LogP contribution in [0.4, 0.5) is 0 Å². The lowest BCUT2D eigenvalue weighted by atomic mass is 10.2. The van der Waals surface area contributed by atoms with Crippen molar-refractivity contribution in [3.8, 4) is 0 Å². The summed E-state index contributed by atoms with van der Waals surface area (Å²) in [6.45, 7) is 4.63. The van der Waals surface area contributed by atoms with Gasteiger partial charge in [-0.1, -0.05) is 19.8 Å². The predicted octanol–water partition coefficient (Wildman–Crippen LogP) is 3.50. The number of hydrogen-bond donors (Lipinski definition) is 1. The molecule has 90 valence electrons. The molecule has 0 fully saturated rings. The summed E-state index contributed by atoms with van der Waals surface area (Å²) in [4.78, 5) is 11.6. The van der Waals surface area contributed by atoms with Crippen molar-refractivity contribution < 1.29 is 9.21 Å². The summed E-state index contributed by atoms with van der Waals surface area (Å²) in [6, 6.07) is 3.39. The van der Waals surface area contributed by atoms with Gasteiger partial charge < -0.3 is 9.73 Å². The molecular formula is C12H18ClNO2. The van der Waals surface area contributed by atoms with Gasteiger partial charge in [-0.05, 0) is 25.5 Å². The highest BCUT2D eigenvalue weighted by Gasteiger charge is 2.12. The van der Waals surface area contributed by atoms with E-state index in [1.54, 1.807) is 12.1 Å². The van der Waals surface area contributed by atoms with E-state index in [2.05, 4.69) is 12.2 Å². The monoisotopic (exact) mass is 243 g/mol. The van der Waals surface area contributed by atoms with Crippen molar-refractivity contribution in [1.82, 2.24) is 5.32 Å². The fourth-order valence-electron chi connectivity index (χ4n) is 1.35. The number of rotatable bonds is 6. The van der Waals surface area contributed by atoms with Crippen LogP contribution in [0.2, 0.25) is 0 Å². The molecule has 1 amide bonds. The third-order valence-corrected chi connectivity index (χ3v) is 2.52. The van der Waals surface area contributed by atoms with Crippen molar-refractivity contribution >= 4 is 17.5 Å². The molecule has 1 atom stereocenters. The number of carbonyl (C=O) groups excluding carboxylic acids is 1. The molecule has 1 aromatic rings. The molecule has 1 unspecified atom stereocenters. The molecule has 0 radical (unpaired) electrons. The minimum Gasteiger partial charge on any atom is -0.454 e. The lowest BCUT2D eigenvalue weighted by molar-refractivity contribution is 0.0923. The standard InChI is InChI=1S/C12H18ClNO2/c1-3-4-5-8-14-12(15)11-7-6-10(16-11)9(2)13/h6-7,9H,3-5,8H2,1-2H3,(H,14,15). The zero-order chi connectivity index (χ0) is 12.0. The van der Waals surface area contributed by atoms with Crippen LogP contribution in [0.1, 0.15) is 54.8 Å². The fourth-order valence-corrected chi connectivity index (χ4v) is 1.47. The van der Waals surface area contributed by atoms with Crippen molar-refractivity contribution in [2.45, 2.75) is 38.5 Å². The molecule has 1 rings (SSSR count). The Morgan fingerprint density at radius 3 is 2.81 bits per heavy atom. The molecule has 4 heteroatoms. The van der Waals surface area contributed by atoms with Gasteiger partial charge in [0.2, 0.25) is 0 Å². The maximum atomic E-state index is 11.6. The molecule has 0 spiro atoms. The van der Waals surface area contributed by atoms with Gasteiger partial charge in [-0.25, -0.2) is 0 Å². The first kappa shape index (κ1) is 13.1. The van der Waals surface area contributed by atoms with Crippen LogP contribution in [0.5, 0.6) is 0 Å². The molecule has 3 nitrogen and oxygen atoms in total. The third-order valence-electron chi connectivity index (χ3n) is 2.31. The van der Waals surface area contributed by atoms with E-state index >= 15 is 0 Å². The van der Waals surface area contributed by atoms with E-state index in [0.717, 1.165) is 19.3 Å². The first-order valence-electron chi connectivity index (χ1n) is 5.67. The van der Waals surface area contributed by atoms with Gasteiger partial charge in [-0.15, -0.1) is 11.6 Å². The highest BCUT2D eigenvalue weighted by molar-refractivity contribution is 6.20. The topological polar surface area (TPSA) is 42.2 Å². The molecule has 1 aromatic heterocycles. The van der Waals surface area contributed by atoms with Crippen molar-refractivity contribution in [1.29, 1.82) is 0 Å². The summed E-state index contributed by atoms with van der Waals surface area (Å²) in [5, 5.41) is 2.60. The van der Waals surface area contributed by atoms with Crippen LogP contribution >= 0.6 is 11.6 Å². The quantitative estimate of drug-likeness (QED) is 0.614. The maximum Gasteiger partial charge on any atom is 0.286 e. The average Bonchev–Trinajstić information content (AvgIpc) is 2.73. The van der Waals surface area contributed by atoms with E-state index in [1.807, 2.05) is 6.92 Å². The molecule has 0 saturated carbocycles. The average molecular weight is 244 g/mol. The molecule has 0 bridgehead atoms. The highest BCUT2D eigenvalue weighted by Crippen LogP contribution is 2.21. The van der Waals surface area contributed by atoms with Crippen LogP contribution in [-0.4, -0.2) is 12.5 Å². The summed E-state index contributed by atoms with van der Waals surface area (Å²) >= 11 is 5.84. The largest absolute Gasteiger partial charge is 0.454 e. The number of halogens is 1. The number of nitrogens with one attached hydrogen (secondary N) is 1. The Morgan fingerprint density at radius 2 is 2.25 bits per heavy atom. The Morgan fingerprint density at radius 1 is 1.50 bits per heavy atom. The van der Waals surface area contributed by atoms with Gasteiger partial charge in [0.25, 0.3) is 5.91 Å². The molecule has 1 N–H and O–H groups in total. The Bertz CT molecular complexity index is 334. The van der Waals surface area contributed by atoms with Gasteiger partial charge >= 0.3 is 0 Å². The third kappa shape index (κ3) is 3.89. The molecule has 0 saturated heterocycles. The Balaban J connectivity index is 2.40. The zero-order valence-electron chi connectivity index (χ0n) is 9.75. The summed E-state index contributed by atoms with van der Waals surface area (Å²) in [5.41, 5.74) is 0. The minimum atomic E-state index is -0.207. The Labute approximate surface area is 101 Å². The summed E-state index contributed by atoms with van der Waals surface area (Å²) in [7, 11) is 0. The molecule has 16 heavy (non-hydrogen) atoms. The fraction of sp³-hybridized carbons (Fsp3) is 0.583. The van der Waals surface area contributed by atoms with Crippen LogP contribution in [0.15, 0.2) is 16.5 Å². The number of furan rings is 1. The lowest BCUT2D eigenvalue weighted by Crippen LogP contribution is -2.23. The number of carbonyl (C=O) groups is 1. The first-order chi connectivity index (χ1) is 7.65. The Kier molecular flexibility index (Phi) is 5.39. The van der Waals surface area contributed by atoms with Crippen molar-refractivity contribution in [2.75, 3.05) is 6.54 Å². The molecule has 0 aliphatic carbocycles. The molecule has 1 heterocycles. The van der Waals surface area contributed by atoms with E-state index in [4.69, 9.17) is 16.0 Å². The second-order valence-electron chi connectivity index (χ2n) is 3.78. The second-order valence-corrected chi connectivity index (χ2v) is 4.44. The van der Waals surface area contributed by atoms with Crippen LogP contribution < -0.4 is 5.32 Å². The number of unbranched alkanes of at least 4 members (excludes halogenated alkanes) is 2. The summed E-state index contributed by atoms with van der Waals surface area (Å²) in [5.74, 6) is 0.791. The second kappa shape index (κ2) is 6.59. The van der Waals surface area contributed by atoms with Gasteiger partial charge in [-0.3, -0.25) is 4.79 Å². The Hall–Kier alpha value is -0.960. The summed E-state index contributed by atoms with van der Waals surface area (Å²) < 4.78 is 5.32. The molecular weight excluding hydrogens is 226 g/mol. The van der Waals surface area contributed by atoms with Crippen molar-refractivity contribution in [2.24, 2.45) is 0 Å². The van der Waals surface area contributed by atoms with Gasteiger partial charge in [0.1, 0.15) is 5.76 Å². The molecule has 0 aliphatic heterocycles. The lowest BCUT2D eigenvalue weighted by Gasteiger charge is -2.02. The van der Waals surface area contributed by atoms with Crippen LogP contribution in [0.25, 0.3) is 0 Å².